The van der Waals surface area contributed by atoms with Crippen LogP contribution in [0, 0.1) is 0 Å². The Hall–Kier alpha value is -4.01. The van der Waals surface area contributed by atoms with Crippen molar-refractivity contribution in [3.05, 3.63) is 114 Å². The van der Waals surface area contributed by atoms with E-state index >= 15 is 0 Å². The first kappa shape index (κ1) is 23.2. The van der Waals surface area contributed by atoms with E-state index in [9.17, 15) is 13.2 Å². The van der Waals surface area contributed by atoms with Crippen LogP contribution in [0.1, 0.15) is 10.4 Å². The molecule has 0 aliphatic heterocycles. The Morgan fingerprint density at radius 2 is 1.35 bits per heavy atom. The third-order valence-electron chi connectivity index (χ3n) is 4.66. The molecule has 34 heavy (non-hydrogen) atoms. The van der Waals surface area contributed by atoms with Crippen LogP contribution < -0.4 is 10.0 Å². The Balaban J connectivity index is 1.42. The summed E-state index contributed by atoms with van der Waals surface area (Å²) in [6.45, 7) is 0. The Bertz CT molecular complexity index is 1420. The number of rotatable bonds is 7. The minimum Gasteiger partial charge on any atom is -0.322 e. The molecule has 0 saturated carbocycles. The van der Waals surface area contributed by atoms with Crippen molar-refractivity contribution in [1.82, 2.24) is 0 Å². The normalized spacial score (nSPS) is 11.3. The number of carbonyl (C=O) groups excluding carboxylic acids is 1. The van der Waals surface area contributed by atoms with Gasteiger partial charge in [0.1, 0.15) is 0 Å². The SMILES string of the molecule is O=C(Nc1ccc(N=Nc2ccccc2)cc1)c1cccc(NS(=O)(=O)c2ccc(Cl)cc2)c1. The van der Waals surface area contributed by atoms with E-state index < -0.39 is 10.0 Å². The van der Waals surface area contributed by atoms with Gasteiger partial charge in [0.2, 0.25) is 0 Å². The maximum atomic E-state index is 12.7. The number of nitrogens with zero attached hydrogens (tertiary/aromatic N) is 2. The Morgan fingerprint density at radius 1 is 0.706 bits per heavy atom. The quantitative estimate of drug-likeness (QED) is 0.278. The fraction of sp³-hybridized carbons (Fsp3) is 0. The number of benzene rings is 4. The summed E-state index contributed by atoms with van der Waals surface area (Å²) in [6, 6.07) is 28.3. The lowest BCUT2D eigenvalue weighted by Crippen LogP contribution is -2.15. The van der Waals surface area contributed by atoms with E-state index in [1.54, 1.807) is 42.5 Å². The molecular formula is C25H19ClN4O3S. The second kappa shape index (κ2) is 10.3. The average Bonchev–Trinajstić information content (AvgIpc) is 2.84. The molecule has 0 aliphatic carbocycles. The zero-order valence-corrected chi connectivity index (χ0v) is 19.3. The molecule has 0 bridgehead atoms. The van der Waals surface area contributed by atoms with Gasteiger partial charge in [-0.1, -0.05) is 35.9 Å². The highest BCUT2D eigenvalue weighted by Gasteiger charge is 2.15. The summed E-state index contributed by atoms with van der Waals surface area (Å²) in [6.07, 6.45) is 0. The van der Waals surface area contributed by atoms with Crippen LogP contribution in [0.5, 0.6) is 0 Å². The summed E-state index contributed by atoms with van der Waals surface area (Å²) in [5.41, 5.74) is 2.51. The van der Waals surface area contributed by atoms with Gasteiger partial charge < -0.3 is 5.32 Å². The van der Waals surface area contributed by atoms with Gasteiger partial charge in [-0.15, -0.1) is 0 Å². The first-order valence-electron chi connectivity index (χ1n) is 10.2. The van der Waals surface area contributed by atoms with Crippen molar-refractivity contribution in [1.29, 1.82) is 0 Å². The molecule has 4 rings (SSSR count). The summed E-state index contributed by atoms with van der Waals surface area (Å²) in [4.78, 5) is 12.8. The molecule has 0 aliphatic rings. The Kier molecular flexibility index (Phi) is 7.01. The van der Waals surface area contributed by atoms with Crippen molar-refractivity contribution < 1.29 is 13.2 Å². The summed E-state index contributed by atoms with van der Waals surface area (Å²) in [5.74, 6) is -0.383. The van der Waals surface area contributed by atoms with Crippen LogP contribution in [0.3, 0.4) is 0 Å². The minimum atomic E-state index is -3.82. The molecule has 0 heterocycles. The van der Waals surface area contributed by atoms with Gasteiger partial charge in [0.25, 0.3) is 15.9 Å². The molecule has 0 aromatic heterocycles. The summed E-state index contributed by atoms with van der Waals surface area (Å²) in [5, 5.41) is 11.5. The molecular weight excluding hydrogens is 472 g/mol. The number of hydrogen-bond donors (Lipinski definition) is 2. The van der Waals surface area contributed by atoms with Gasteiger partial charge in [-0.25, -0.2) is 8.42 Å². The molecule has 0 unspecified atom stereocenters. The minimum absolute atomic E-state index is 0.0660. The van der Waals surface area contributed by atoms with Gasteiger partial charge >= 0.3 is 0 Å². The highest BCUT2D eigenvalue weighted by molar-refractivity contribution is 7.92. The van der Waals surface area contributed by atoms with Crippen molar-refractivity contribution in [2.45, 2.75) is 4.90 Å². The van der Waals surface area contributed by atoms with E-state index in [2.05, 4.69) is 20.3 Å². The van der Waals surface area contributed by atoms with Crippen LogP contribution in [-0.2, 0) is 10.0 Å². The number of nitrogens with one attached hydrogen (secondary N) is 2. The van der Waals surface area contributed by atoms with Crippen LogP contribution >= 0.6 is 11.6 Å². The van der Waals surface area contributed by atoms with Crippen LogP contribution in [-0.4, -0.2) is 14.3 Å². The largest absolute Gasteiger partial charge is 0.322 e. The lowest BCUT2D eigenvalue weighted by Gasteiger charge is -2.10. The third-order valence-corrected chi connectivity index (χ3v) is 6.31. The molecule has 4 aromatic carbocycles. The van der Waals surface area contributed by atoms with E-state index in [4.69, 9.17) is 11.6 Å². The zero-order chi connectivity index (χ0) is 24.0. The molecule has 4 aromatic rings. The van der Waals surface area contributed by atoms with Crippen LogP contribution in [0.2, 0.25) is 5.02 Å². The topological polar surface area (TPSA) is 100.0 Å². The summed E-state index contributed by atoms with van der Waals surface area (Å²) >= 11 is 5.82. The molecule has 0 fully saturated rings. The van der Waals surface area contributed by atoms with Gasteiger partial charge in [0.05, 0.1) is 16.3 Å². The van der Waals surface area contributed by atoms with Crippen molar-refractivity contribution in [3.8, 4) is 0 Å². The third kappa shape index (κ3) is 6.06. The summed E-state index contributed by atoms with van der Waals surface area (Å²) in [7, 11) is -3.82. The number of hydrogen-bond acceptors (Lipinski definition) is 5. The molecule has 9 heteroatoms. The van der Waals surface area contributed by atoms with Gasteiger partial charge in [-0.05, 0) is 78.9 Å². The molecule has 0 atom stereocenters. The molecule has 2 N–H and O–H groups in total. The van der Waals surface area contributed by atoms with E-state index in [0.717, 1.165) is 5.69 Å². The van der Waals surface area contributed by atoms with Gasteiger partial charge in [-0.2, -0.15) is 10.2 Å². The lowest BCUT2D eigenvalue weighted by molar-refractivity contribution is 0.102. The van der Waals surface area contributed by atoms with Gasteiger partial charge in [0.15, 0.2) is 0 Å². The highest BCUT2D eigenvalue weighted by Crippen LogP contribution is 2.22. The van der Waals surface area contributed by atoms with Crippen LogP contribution in [0.25, 0.3) is 0 Å². The maximum absolute atomic E-state index is 12.7. The van der Waals surface area contributed by atoms with E-state index in [1.165, 1.54) is 30.3 Å². The van der Waals surface area contributed by atoms with Crippen LogP contribution in [0.15, 0.2) is 118 Å². The predicted molar refractivity (Wildman–Crippen MR) is 134 cm³/mol. The van der Waals surface area contributed by atoms with Gasteiger partial charge in [-0.3, -0.25) is 9.52 Å². The fourth-order valence-electron chi connectivity index (χ4n) is 2.98. The maximum Gasteiger partial charge on any atom is 0.261 e. The fourth-order valence-corrected chi connectivity index (χ4v) is 4.15. The standard InChI is InChI=1S/C25H19ClN4O3S/c26-19-9-15-24(16-10-19)34(32,33)30-23-8-4-5-18(17-23)25(31)27-20-11-13-22(14-12-20)29-28-21-6-2-1-3-7-21/h1-17,30H,(H,27,31). The molecule has 1 amide bonds. The molecule has 0 radical (unpaired) electrons. The first-order chi connectivity index (χ1) is 16.4. The van der Waals surface area contributed by atoms with E-state index in [1.807, 2.05) is 30.3 Å². The molecule has 0 saturated heterocycles. The van der Waals surface area contributed by atoms with Gasteiger partial charge in [0, 0.05) is 22.0 Å². The second-order valence-electron chi connectivity index (χ2n) is 7.18. The van der Waals surface area contributed by atoms with Crippen molar-refractivity contribution >= 4 is 50.3 Å². The molecule has 7 nitrogen and oxygen atoms in total. The first-order valence-corrected chi connectivity index (χ1v) is 12.0. The molecule has 170 valence electrons. The Morgan fingerprint density at radius 3 is 2.03 bits per heavy atom. The number of sulfonamides is 1. The van der Waals surface area contributed by atoms with Crippen molar-refractivity contribution in [3.63, 3.8) is 0 Å². The number of azo groups is 1. The monoisotopic (exact) mass is 490 g/mol. The smallest absolute Gasteiger partial charge is 0.261 e. The van der Waals surface area contributed by atoms with E-state index in [-0.39, 0.29) is 16.5 Å². The second-order valence-corrected chi connectivity index (χ2v) is 9.30. The van der Waals surface area contributed by atoms with Crippen molar-refractivity contribution in [2.75, 3.05) is 10.0 Å². The predicted octanol–water partition coefficient (Wildman–Crippen LogP) is 6.81. The Labute approximate surface area is 202 Å². The highest BCUT2D eigenvalue weighted by atomic mass is 35.5. The summed E-state index contributed by atoms with van der Waals surface area (Å²) < 4.78 is 27.7. The molecule has 0 spiro atoms. The lowest BCUT2D eigenvalue weighted by atomic mass is 10.2. The van der Waals surface area contributed by atoms with Crippen LogP contribution in [0.4, 0.5) is 22.7 Å². The van der Waals surface area contributed by atoms with Crippen molar-refractivity contribution in [2.24, 2.45) is 10.2 Å². The van der Waals surface area contributed by atoms with E-state index in [0.29, 0.717) is 22.0 Å². The zero-order valence-electron chi connectivity index (χ0n) is 17.7. The number of carbonyl (C=O) groups is 1. The number of halogens is 1. The number of amides is 1. The average molecular weight is 491 g/mol. The number of anilines is 2.